The van der Waals surface area contributed by atoms with Crippen LogP contribution >= 0.6 is 15.9 Å². The lowest BCUT2D eigenvalue weighted by Gasteiger charge is -2.29. The van der Waals surface area contributed by atoms with Gasteiger partial charge in [0, 0.05) is 11.4 Å². The smallest absolute Gasteiger partial charge is 0.248 e. The molecule has 41 heavy (non-hydrogen) atoms. The number of hydrogen-bond donors (Lipinski definition) is 2. The van der Waals surface area contributed by atoms with Crippen molar-refractivity contribution in [2.24, 2.45) is 5.92 Å². The van der Waals surface area contributed by atoms with E-state index in [1.165, 1.54) is 6.33 Å². The average Bonchev–Trinajstić information content (AvgIpc) is 3.43. The molecular weight excluding hydrogens is 582 g/mol. The Morgan fingerprint density at radius 1 is 1.07 bits per heavy atom. The first kappa shape index (κ1) is 26.9. The molecule has 5 aromatic rings. The predicted octanol–water partition coefficient (Wildman–Crippen LogP) is 5.56. The van der Waals surface area contributed by atoms with E-state index < -0.39 is 6.04 Å². The summed E-state index contributed by atoms with van der Waals surface area (Å²) in [6.07, 6.45) is 1.98. The third-order valence-corrected chi connectivity index (χ3v) is 8.61. The van der Waals surface area contributed by atoms with Crippen LogP contribution in [0.5, 0.6) is 0 Å². The first-order valence-corrected chi connectivity index (χ1v) is 14.3. The molecule has 10 heteroatoms. The van der Waals surface area contributed by atoms with Gasteiger partial charge in [-0.25, -0.2) is 15.0 Å². The van der Waals surface area contributed by atoms with E-state index in [1.807, 2.05) is 29.7 Å². The molecule has 0 aliphatic carbocycles. The van der Waals surface area contributed by atoms with Crippen LogP contribution in [0.3, 0.4) is 0 Å². The van der Waals surface area contributed by atoms with Crippen molar-refractivity contribution in [3.8, 4) is 11.1 Å². The number of hydrogen-bond acceptors (Lipinski definition) is 6. The van der Waals surface area contributed by atoms with Crippen LogP contribution in [0, 0.1) is 12.8 Å². The highest BCUT2D eigenvalue weighted by atomic mass is 79.9. The van der Waals surface area contributed by atoms with Crippen LogP contribution in [0.25, 0.3) is 33.1 Å². The molecule has 2 amide bonds. The highest BCUT2D eigenvalue weighted by Gasteiger charge is 2.43. The van der Waals surface area contributed by atoms with Gasteiger partial charge in [-0.15, -0.1) is 0 Å². The van der Waals surface area contributed by atoms with Crippen molar-refractivity contribution in [2.75, 3.05) is 11.1 Å². The van der Waals surface area contributed by atoms with Crippen molar-refractivity contribution < 1.29 is 9.59 Å². The molecule has 0 bridgehead atoms. The number of likely N-dealkylation sites (tertiary alicyclic amines) is 1. The number of anilines is 2. The fraction of sp³-hybridized carbons (Fsp3) is 0.258. The van der Waals surface area contributed by atoms with E-state index in [2.05, 4.69) is 74.3 Å². The topological polar surface area (TPSA) is 119 Å². The van der Waals surface area contributed by atoms with Gasteiger partial charge in [0.15, 0.2) is 0 Å². The van der Waals surface area contributed by atoms with E-state index in [1.54, 1.807) is 23.1 Å². The maximum Gasteiger partial charge on any atom is 0.248 e. The van der Waals surface area contributed by atoms with Gasteiger partial charge in [-0.3, -0.25) is 9.59 Å². The Kier molecular flexibility index (Phi) is 6.94. The molecule has 0 spiro atoms. The number of pyridine rings is 1. The maximum absolute atomic E-state index is 14.0. The zero-order valence-electron chi connectivity index (χ0n) is 23.0. The summed E-state index contributed by atoms with van der Waals surface area (Å²) in [6.45, 7) is 6.15. The fourth-order valence-corrected chi connectivity index (χ4v) is 6.27. The van der Waals surface area contributed by atoms with E-state index in [0.29, 0.717) is 33.7 Å². The van der Waals surface area contributed by atoms with E-state index >= 15 is 0 Å². The number of nitrogen functional groups attached to an aromatic ring is 1. The zero-order chi connectivity index (χ0) is 28.8. The lowest BCUT2D eigenvalue weighted by molar-refractivity contribution is -0.139. The number of carbonyl (C=O) groups is 2. The van der Waals surface area contributed by atoms with Crippen LogP contribution in [-0.4, -0.2) is 48.3 Å². The zero-order valence-corrected chi connectivity index (χ0v) is 24.6. The van der Waals surface area contributed by atoms with Crippen LogP contribution in [0.4, 0.5) is 11.6 Å². The number of carbonyl (C=O) groups excluding carboxylic acids is 2. The quantitative estimate of drug-likeness (QED) is 0.251. The minimum atomic E-state index is -0.617. The summed E-state index contributed by atoms with van der Waals surface area (Å²) in [5.41, 5.74) is 11.1. The van der Waals surface area contributed by atoms with Crippen LogP contribution in [-0.2, 0) is 16.1 Å². The largest absolute Gasteiger partial charge is 0.383 e. The van der Waals surface area contributed by atoms with Crippen LogP contribution in [0.2, 0.25) is 0 Å². The molecule has 1 saturated heterocycles. The molecule has 3 aromatic heterocycles. The summed E-state index contributed by atoms with van der Waals surface area (Å²) in [7, 11) is 0. The summed E-state index contributed by atoms with van der Waals surface area (Å²) in [4.78, 5) is 42.2. The Bertz CT molecular complexity index is 1820. The minimum absolute atomic E-state index is 0.0101. The third-order valence-electron chi connectivity index (χ3n) is 8.17. The van der Waals surface area contributed by atoms with Gasteiger partial charge in [-0.2, -0.15) is 0 Å². The number of nitrogens with one attached hydrogen (secondary N) is 1. The second-order valence-corrected chi connectivity index (χ2v) is 11.5. The normalized spacial score (nSPS) is 18.7. The highest BCUT2D eigenvalue weighted by molar-refractivity contribution is 9.10. The molecule has 0 unspecified atom stereocenters. The van der Waals surface area contributed by atoms with Gasteiger partial charge in [-0.05, 0) is 83.1 Å². The molecule has 6 rings (SSSR count). The number of nitrogens with zero attached hydrogens (tertiary/aromatic N) is 5. The summed E-state index contributed by atoms with van der Waals surface area (Å²) in [6, 6.07) is 18.9. The number of aryl methyl sites for hydroxylation is 1. The summed E-state index contributed by atoms with van der Waals surface area (Å²) in [5, 5.41) is 4.48. The molecular formula is C31H30BrN7O2. The number of fused-ring (bicyclic) bond motifs is 3. The highest BCUT2D eigenvalue weighted by Crippen LogP contribution is 2.36. The van der Waals surface area contributed by atoms with Crippen LogP contribution in [0.15, 0.2) is 71.6 Å². The molecule has 0 radical (unpaired) electrons. The Balaban J connectivity index is 1.37. The Morgan fingerprint density at radius 2 is 1.88 bits per heavy atom. The molecule has 3 N–H and O–H groups in total. The maximum atomic E-state index is 14.0. The number of nitrogens with two attached hydrogens (primary N) is 1. The van der Waals surface area contributed by atoms with Gasteiger partial charge in [0.1, 0.15) is 40.8 Å². The van der Waals surface area contributed by atoms with Gasteiger partial charge in [0.25, 0.3) is 0 Å². The second kappa shape index (κ2) is 10.6. The number of benzene rings is 2. The van der Waals surface area contributed by atoms with Gasteiger partial charge in [0.2, 0.25) is 11.8 Å². The monoisotopic (exact) mass is 611 g/mol. The van der Waals surface area contributed by atoms with Crippen molar-refractivity contribution in [1.29, 1.82) is 0 Å². The fourth-order valence-electron chi connectivity index (χ4n) is 5.92. The molecule has 3 atom stereocenters. The van der Waals surface area contributed by atoms with Gasteiger partial charge in [0.05, 0.1) is 10.9 Å². The van der Waals surface area contributed by atoms with Gasteiger partial charge in [-0.1, -0.05) is 43.3 Å². The number of halogens is 1. The summed E-state index contributed by atoms with van der Waals surface area (Å²) >= 11 is 3.34. The Labute approximate surface area is 245 Å². The van der Waals surface area contributed by atoms with E-state index in [4.69, 9.17) is 5.73 Å². The molecule has 1 aliphatic heterocycles. The summed E-state index contributed by atoms with van der Waals surface area (Å²) in [5.74, 6) is 0.524. The van der Waals surface area contributed by atoms with Crippen molar-refractivity contribution in [3.63, 3.8) is 0 Å². The van der Waals surface area contributed by atoms with Crippen LogP contribution < -0.4 is 11.1 Å². The van der Waals surface area contributed by atoms with E-state index in [9.17, 15) is 9.59 Å². The predicted molar refractivity (Wildman–Crippen MR) is 164 cm³/mol. The minimum Gasteiger partial charge on any atom is -0.383 e. The Morgan fingerprint density at radius 3 is 2.66 bits per heavy atom. The molecule has 0 saturated carbocycles. The molecule has 1 fully saturated rings. The molecule has 1 aliphatic rings. The van der Waals surface area contributed by atoms with Crippen molar-refractivity contribution in [2.45, 2.75) is 45.8 Å². The first-order chi connectivity index (χ1) is 19.7. The number of aromatic nitrogens is 4. The molecule has 9 nitrogen and oxygen atoms in total. The lowest BCUT2D eigenvalue weighted by Crippen LogP contribution is -2.47. The van der Waals surface area contributed by atoms with Gasteiger partial charge >= 0.3 is 0 Å². The van der Waals surface area contributed by atoms with Crippen molar-refractivity contribution in [1.82, 2.24) is 24.4 Å². The van der Waals surface area contributed by atoms with Crippen molar-refractivity contribution >= 4 is 61.3 Å². The summed E-state index contributed by atoms with van der Waals surface area (Å²) < 4.78 is 2.50. The lowest BCUT2D eigenvalue weighted by atomic mass is 9.99. The van der Waals surface area contributed by atoms with E-state index in [-0.39, 0.29) is 30.3 Å². The molecule has 208 valence electrons. The SMILES string of the molecule is Cc1ccccc1-c1ccc2c(c1)c1c(N)ncnc1n2CC(=O)N1[C@H](C)[C@H](C)C[C@H]1C(=O)Nc1cccc(Br)n1. The third kappa shape index (κ3) is 4.82. The number of amides is 2. The van der Waals surface area contributed by atoms with E-state index in [0.717, 1.165) is 27.6 Å². The van der Waals surface area contributed by atoms with Gasteiger partial charge < -0.3 is 20.5 Å². The van der Waals surface area contributed by atoms with Crippen molar-refractivity contribution in [3.05, 3.63) is 77.2 Å². The first-order valence-electron chi connectivity index (χ1n) is 13.6. The molecule has 2 aromatic carbocycles. The van der Waals surface area contributed by atoms with Crippen LogP contribution in [0.1, 0.15) is 25.8 Å². The number of rotatable bonds is 5. The molecule has 4 heterocycles. The average molecular weight is 613 g/mol. The second-order valence-electron chi connectivity index (χ2n) is 10.7. The standard InChI is InChI=1S/C31H30BrN7O2/c1-17-7-4-5-8-21(17)20-11-12-23-22(14-20)28-29(33)34-16-35-30(28)38(23)15-27(40)39-19(3)18(2)13-24(39)31(41)37-26-10-6-9-25(32)36-26/h4-12,14,16,18-19,24H,13,15H2,1-3H3,(H2,33,34,35)(H,36,37,41)/t18-,19-,24+/m1/s1. The Hall–Kier alpha value is -4.31.